The molecule has 0 aliphatic heterocycles. The van der Waals surface area contributed by atoms with Gasteiger partial charge in [-0.2, -0.15) is 0 Å². The fourth-order valence-corrected chi connectivity index (χ4v) is 1.59. The molecule has 2 aromatic carbocycles. The van der Waals surface area contributed by atoms with E-state index in [1.807, 2.05) is 19.1 Å². The van der Waals surface area contributed by atoms with Gasteiger partial charge in [0.1, 0.15) is 0 Å². The van der Waals surface area contributed by atoms with Crippen LogP contribution in [0.4, 0.5) is 11.4 Å². The van der Waals surface area contributed by atoms with Crippen molar-refractivity contribution in [2.24, 2.45) is 0 Å². The normalized spacial score (nSPS) is 9.56. The van der Waals surface area contributed by atoms with E-state index in [4.69, 9.17) is 11.5 Å². The highest BCUT2D eigenvalue weighted by Crippen LogP contribution is 2.12. The van der Waals surface area contributed by atoms with Gasteiger partial charge in [-0.25, -0.2) is 0 Å². The molecule has 2 nitrogen and oxygen atoms in total. The van der Waals surface area contributed by atoms with Gasteiger partial charge in [0.15, 0.2) is 0 Å². The molecule has 0 fully saturated rings. The van der Waals surface area contributed by atoms with Crippen molar-refractivity contribution in [2.75, 3.05) is 11.5 Å². The highest BCUT2D eigenvalue weighted by molar-refractivity contribution is 5.54. The summed E-state index contributed by atoms with van der Waals surface area (Å²) in [5.41, 5.74) is 17.7. The topological polar surface area (TPSA) is 52.0 Å². The molecule has 18 heavy (non-hydrogen) atoms. The van der Waals surface area contributed by atoms with Gasteiger partial charge in [-0.3, -0.25) is 0 Å². The molecule has 2 heteroatoms. The molecule has 0 saturated heterocycles. The maximum atomic E-state index is 5.53. The summed E-state index contributed by atoms with van der Waals surface area (Å²) in [4.78, 5) is 0. The first-order valence-electron chi connectivity index (χ1n) is 6.05. The SMILES string of the molecule is Cc1cc(N)ccc1N.Cc1ccc(C)c(C)c1. The Labute approximate surface area is 110 Å². The number of nitrogen functional groups attached to an aromatic ring is 2. The van der Waals surface area contributed by atoms with Crippen LogP contribution in [0.1, 0.15) is 22.3 Å². The van der Waals surface area contributed by atoms with E-state index in [9.17, 15) is 0 Å². The fraction of sp³-hybridized carbons (Fsp3) is 0.250. The Morgan fingerprint density at radius 2 is 1.33 bits per heavy atom. The monoisotopic (exact) mass is 242 g/mol. The molecule has 96 valence electrons. The van der Waals surface area contributed by atoms with Gasteiger partial charge < -0.3 is 11.5 Å². The van der Waals surface area contributed by atoms with E-state index in [1.54, 1.807) is 6.07 Å². The van der Waals surface area contributed by atoms with Crippen LogP contribution in [0.25, 0.3) is 0 Å². The van der Waals surface area contributed by atoms with Crippen molar-refractivity contribution >= 4 is 11.4 Å². The molecule has 0 amide bonds. The Morgan fingerprint density at radius 1 is 0.667 bits per heavy atom. The third-order valence-electron chi connectivity index (χ3n) is 2.96. The molecule has 0 heterocycles. The Balaban J connectivity index is 0.000000180. The summed E-state index contributed by atoms with van der Waals surface area (Å²) in [6.07, 6.45) is 0. The predicted octanol–water partition coefficient (Wildman–Crippen LogP) is 3.77. The molecular formula is C16H22N2. The van der Waals surface area contributed by atoms with Crippen LogP contribution in [0.3, 0.4) is 0 Å². The smallest absolute Gasteiger partial charge is 0.0345 e. The number of aryl methyl sites for hydroxylation is 4. The molecule has 0 spiro atoms. The van der Waals surface area contributed by atoms with E-state index < -0.39 is 0 Å². The highest BCUT2D eigenvalue weighted by Gasteiger charge is 1.90. The summed E-state index contributed by atoms with van der Waals surface area (Å²) in [6, 6.07) is 12.0. The summed E-state index contributed by atoms with van der Waals surface area (Å²) in [6.45, 7) is 8.33. The Hall–Kier alpha value is -1.96. The standard InChI is InChI=1S/C9H12.C7H10N2/c1-7-4-5-8(2)9(3)6-7;1-5-4-6(8)2-3-7(5)9/h4-6H,1-3H3;2-4H,8-9H2,1H3. The molecule has 0 aliphatic rings. The fourth-order valence-electron chi connectivity index (χ4n) is 1.59. The summed E-state index contributed by atoms with van der Waals surface area (Å²) in [5.74, 6) is 0. The van der Waals surface area contributed by atoms with Gasteiger partial charge in [-0.1, -0.05) is 23.8 Å². The van der Waals surface area contributed by atoms with Crippen LogP contribution in [0, 0.1) is 27.7 Å². The van der Waals surface area contributed by atoms with Crippen molar-refractivity contribution in [3.8, 4) is 0 Å². The van der Waals surface area contributed by atoms with Crippen LogP contribution < -0.4 is 11.5 Å². The van der Waals surface area contributed by atoms with Crippen molar-refractivity contribution in [3.05, 3.63) is 58.7 Å². The van der Waals surface area contributed by atoms with Gasteiger partial charge in [0.25, 0.3) is 0 Å². The average molecular weight is 242 g/mol. The minimum absolute atomic E-state index is 0.765. The van der Waals surface area contributed by atoms with Crippen molar-refractivity contribution in [1.29, 1.82) is 0 Å². The molecule has 0 unspecified atom stereocenters. The molecule has 0 bridgehead atoms. The van der Waals surface area contributed by atoms with E-state index in [-0.39, 0.29) is 0 Å². The van der Waals surface area contributed by atoms with Crippen LogP contribution >= 0.6 is 0 Å². The van der Waals surface area contributed by atoms with Crippen LogP contribution in [-0.2, 0) is 0 Å². The minimum Gasteiger partial charge on any atom is -0.399 e. The molecule has 0 atom stereocenters. The number of rotatable bonds is 0. The van der Waals surface area contributed by atoms with Crippen molar-refractivity contribution in [3.63, 3.8) is 0 Å². The first kappa shape index (κ1) is 14.1. The molecule has 2 rings (SSSR count). The molecule has 0 aliphatic carbocycles. The third-order valence-corrected chi connectivity index (χ3v) is 2.96. The predicted molar refractivity (Wildman–Crippen MR) is 80.7 cm³/mol. The third kappa shape index (κ3) is 4.13. The number of anilines is 2. The maximum Gasteiger partial charge on any atom is 0.0345 e. The van der Waals surface area contributed by atoms with Gasteiger partial charge in [0, 0.05) is 11.4 Å². The Kier molecular flexibility index (Phi) is 4.78. The largest absolute Gasteiger partial charge is 0.399 e. The summed E-state index contributed by atoms with van der Waals surface area (Å²) < 4.78 is 0. The van der Waals surface area contributed by atoms with E-state index in [1.165, 1.54) is 16.7 Å². The Morgan fingerprint density at radius 3 is 1.78 bits per heavy atom. The second-order valence-corrected chi connectivity index (χ2v) is 4.70. The van der Waals surface area contributed by atoms with E-state index in [0.717, 1.165) is 16.9 Å². The zero-order valence-electron chi connectivity index (χ0n) is 11.6. The van der Waals surface area contributed by atoms with Crippen LogP contribution in [0.2, 0.25) is 0 Å². The lowest BCUT2D eigenvalue weighted by Crippen LogP contribution is -1.91. The molecule has 0 radical (unpaired) electrons. The summed E-state index contributed by atoms with van der Waals surface area (Å²) >= 11 is 0. The van der Waals surface area contributed by atoms with E-state index in [2.05, 4.69) is 39.0 Å². The van der Waals surface area contributed by atoms with Crippen LogP contribution in [-0.4, -0.2) is 0 Å². The highest BCUT2D eigenvalue weighted by atomic mass is 14.6. The molecule has 2 aromatic rings. The lowest BCUT2D eigenvalue weighted by atomic mass is 10.1. The van der Waals surface area contributed by atoms with Gasteiger partial charge in [0.05, 0.1) is 0 Å². The number of nitrogens with two attached hydrogens (primary N) is 2. The van der Waals surface area contributed by atoms with Gasteiger partial charge in [-0.15, -0.1) is 0 Å². The van der Waals surface area contributed by atoms with Gasteiger partial charge in [-0.05, 0) is 62.6 Å². The second-order valence-electron chi connectivity index (χ2n) is 4.70. The first-order valence-corrected chi connectivity index (χ1v) is 6.05. The van der Waals surface area contributed by atoms with Crippen molar-refractivity contribution < 1.29 is 0 Å². The first-order chi connectivity index (χ1) is 8.40. The molecule has 0 saturated carbocycles. The zero-order chi connectivity index (χ0) is 13.7. The maximum absolute atomic E-state index is 5.53. The lowest BCUT2D eigenvalue weighted by Gasteiger charge is -1.98. The van der Waals surface area contributed by atoms with Crippen molar-refractivity contribution in [1.82, 2.24) is 0 Å². The Bertz CT molecular complexity index is 481. The van der Waals surface area contributed by atoms with Gasteiger partial charge >= 0.3 is 0 Å². The quantitative estimate of drug-likeness (QED) is 0.691. The molecular weight excluding hydrogens is 220 g/mol. The summed E-state index contributed by atoms with van der Waals surface area (Å²) in [7, 11) is 0. The lowest BCUT2D eigenvalue weighted by molar-refractivity contribution is 1.30. The number of hydrogen-bond donors (Lipinski definition) is 2. The number of hydrogen-bond acceptors (Lipinski definition) is 2. The average Bonchev–Trinajstić information content (AvgIpc) is 2.30. The number of benzene rings is 2. The van der Waals surface area contributed by atoms with Gasteiger partial charge in [0.2, 0.25) is 0 Å². The second kappa shape index (κ2) is 6.10. The van der Waals surface area contributed by atoms with Crippen LogP contribution in [0.5, 0.6) is 0 Å². The van der Waals surface area contributed by atoms with Crippen LogP contribution in [0.15, 0.2) is 36.4 Å². The minimum atomic E-state index is 0.765. The van der Waals surface area contributed by atoms with E-state index >= 15 is 0 Å². The molecule has 0 aromatic heterocycles. The zero-order valence-corrected chi connectivity index (χ0v) is 11.6. The summed E-state index contributed by atoms with van der Waals surface area (Å²) in [5, 5.41) is 0. The molecule has 4 N–H and O–H groups in total. The van der Waals surface area contributed by atoms with Crippen molar-refractivity contribution in [2.45, 2.75) is 27.7 Å². The van der Waals surface area contributed by atoms with E-state index in [0.29, 0.717) is 0 Å².